The first-order chi connectivity index (χ1) is 22.0. The summed E-state index contributed by atoms with van der Waals surface area (Å²) in [6.07, 6.45) is 0.302. The highest BCUT2D eigenvalue weighted by atomic mass is 16.6. The second-order valence-corrected chi connectivity index (χ2v) is 11.4. The minimum atomic E-state index is -1.22. The molecule has 3 atom stereocenters. The van der Waals surface area contributed by atoms with Gasteiger partial charge in [0.25, 0.3) is 0 Å². The van der Waals surface area contributed by atoms with Crippen LogP contribution in [0.3, 0.4) is 0 Å². The highest BCUT2D eigenvalue weighted by molar-refractivity contribution is 5.87. The van der Waals surface area contributed by atoms with Gasteiger partial charge in [0.2, 0.25) is 5.91 Å². The monoisotopic (exact) mass is 603 g/mol. The van der Waals surface area contributed by atoms with Crippen LogP contribution >= 0.6 is 0 Å². The fourth-order valence-electron chi connectivity index (χ4n) is 5.93. The Morgan fingerprint density at radius 1 is 0.800 bits per heavy atom. The van der Waals surface area contributed by atoms with E-state index in [1.807, 2.05) is 97.1 Å². The van der Waals surface area contributed by atoms with Crippen LogP contribution in [0.5, 0.6) is 0 Å². The minimum absolute atomic E-state index is 0.0745. The molecule has 1 saturated heterocycles. The molecule has 0 aromatic heterocycles. The number of aliphatic hydroxyl groups is 1. The van der Waals surface area contributed by atoms with Crippen LogP contribution in [0.1, 0.15) is 22.3 Å². The third kappa shape index (κ3) is 8.47. The van der Waals surface area contributed by atoms with E-state index in [4.69, 9.17) is 4.74 Å². The Hall–Kier alpha value is -4.72. The number of ether oxygens (including phenoxy) is 1. The maximum Gasteiger partial charge on any atom is 0.410 e. The van der Waals surface area contributed by atoms with Gasteiger partial charge in [0.15, 0.2) is 0 Å². The number of rotatable bonds is 13. The van der Waals surface area contributed by atoms with Crippen LogP contribution in [0.4, 0.5) is 4.79 Å². The van der Waals surface area contributed by atoms with E-state index in [1.165, 1.54) is 4.90 Å². The Morgan fingerprint density at radius 3 is 1.80 bits per heavy atom. The number of hydrogen-bond acceptors (Lipinski definition) is 5. The first-order valence-electron chi connectivity index (χ1n) is 15.4. The van der Waals surface area contributed by atoms with Crippen molar-refractivity contribution < 1.29 is 19.4 Å². The van der Waals surface area contributed by atoms with Crippen molar-refractivity contribution in [3.05, 3.63) is 156 Å². The average Bonchev–Trinajstić information content (AvgIpc) is 3.08. The van der Waals surface area contributed by atoms with Gasteiger partial charge in [-0.1, -0.05) is 127 Å². The van der Waals surface area contributed by atoms with Crippen molar-refractivity contribution in [1.29, 1.82) is 0 Å². The molecule has 1 N–H and O–H groups in total. The summed E-state index contributed by atoms with van der Waals surface area (Å²) in [6.45, 7) is 5.88. The average molecular weight is 604 g/mol. The van der Waals surface area contributed by atoms with Crippen LogP contribution < -0.4 is 0 Å². The van der Waals surface area contributed by atoms with Gasteiger partial charge < -0.3 is 14.7 Å². The van der Waals surface area contributed by atoms with E-state index < -0.39 is 24.3 Å². The van der Waals surface area contributed by atoms with Crippen LogP contribution in [0.2, 0.25) is 0 Å². The molecule has 5 rings (SSSR count). The molecule has 1 aliphatic heterocycles. The van der Waals surface area contributed by atoms with Gasteiger partial charge in [-0.05, 0) is 28.7 Å². The summed E-state index contributed by atoms with van der Waals surface area (Å²) < 4.78 is 5.71. The lowest BCUT2D eigenvalue weighted by atomic mass is 9.91. The van der Waals surface area contributed by atoms with E-state index in [0.717, 1.165) is 22.3 Å². The number of piperazine rings is 1. The lowest BCUT2D eigenvalue weighted by molar-refractivity contribution is -0.148. The zero-order valence-electron chi connectivity index (χ0n) is 25.5. The molecule has 232 valence electrons. The number of carbonyl (C=O) groups excluding carboxylic acids is 2. The fraction of sp³-hybridized carbons (Fsp3) is 0.263. The molecular weight excluding hydrogens is 562 g/mol. The SMILES string of the molecule is C=CCN1CCN(C(=O)OCc2ccccc2)C(C(O)[C@H](Cc2ccccc2)N(Cc2ccccc2)Cc2ccccc2)C1=O. The third-order valence-corrected chi connectivity index (χ3v) is 8.23. The quantitative estimate of drug-likeness (QED) is 0.199. The second-order valence-electron chi connectivity index (χ2n) is 11.4. The van der Waals surface area contributed by atoms with Crippen molar-refractivity contribution in [2.45, 2.75) is 44.3 Å². The van der Waals surface area contributed by atoms with Gasteiger partial charge in [-0.25, -0.2) is 4.79 Å². The minimum Gasteiger partial charge on any atom is -0.445 e. The standard InChI is InChI=1S/C38H41N3O4/c1-2-23-39-24-25-41(38(44)45-29-33-21-13-6-14-22-33)35(37(39)43)36(42)34(26-30-15-7-3-8-16-30)40(27-31-17-9-4-10-18-31)28-32-19-11-5-12-20-32/h2-22,34-36,42H,1,23-29H2/t34-,35?,36?/m0/s1. The van der Waals surface area contributed by atoms with Crippen LogP contribution in [0, 0.1) is 0 Å². The maximum atomic E-state index is 14.1. The summed E-state index contributed by atoms with van der Waals surface area (Å²) in [5.74, 6) is -0.317. The van der Waals surface area contributed by atoms with Crippen molar-refractivity contribution in [2.24, 2.45) is 0 Å². The molecule has 4 aromatic carbocycles. The van der Waals surface area contributed by atoms with E-state index >= 15 is 0 Å². The summed E-state index contributed by atoms with van der Waals surface area (Å²) in [7, 11) is 0. The van der Waals surface area contributed by atoms with Gasteiger partial charge in [-0.15, -0.1) is 6.58 Å². The molecule has 0 aliphatic carbocycles. The van der Waals surface area contributed by atoms with Gasteiger partial charge in [0.05, 0.1) is 6.10 Å². The summed E-state index contributed by atoms with van der Waals surface area (Å²) in [5, 5.41) is 12.4. The predicted molar refractivity (Wildman–Crippen MR) is 176 cm³/mol. The van der Waals surface area contributed by atoms with Crippen molar-refractivity contribution >= 4 is 12.0 Å². The number of aliphatic hydroxyl groups excluding tert-OH is 1. The molecule has 7 heteroatoms. The molecule has 1 aliphatic rings. The van der Waals surface area contributed by atoms with E-state index in [1.54, 1.807) is 11.0 Å². The highest BCUT2D eigenvalue weighted by Crippen LogP contribution is 2.26. The first kappa shape index (κ1) is 31.7. The first-order valence-corrected chi connectivity index (χ1v) is 15.4. The molecule has 0 saturated carbocycles. The van der Waals surface area contributed by atoms with Gasteiger partial charge >= 0.3 is 6.09 Å². The smallest absolute Gasteiger partial charge is 0.410 e. The zero-order chi connectivity index (χ0) is 31.4. The highest BCUT2D eigenvalue weighted by Gasteiger charge is 2.46. The number of nitrogens with zero attached hydrogens (tertiary/aromatic N) is 3. The summed E-state index contributed by atoms with van der Waals surface area (Å²) in [5.41, 5.74) is 4.04. The fourth-order valence-corrected chi connectivity index (χ4v) is 5.93. The third-order valence-electron chi connectivity index (χ3n) is 8.23. The van der Waals surface area contributed by atoms with E-state index in [-0.39, 0.29) is 19.1 Å². The molecule has 1 heterocycles. The van der Waals surface area contributed by atoms with Gasteiger partial charge in [-0.3, -0.25) is 14.6 Å². The Bertz CT molecular complexity index is 1460. The Morgan fingerprint density at radius 2 is 1.29 bits per heavy atom. The largest absolute Gasteiger partial charge is 0.445 e. The zero-order valence-corrected chi connectivity index (χ0v) is 25.5. The van der Waals surface area contributed by atoms with Crippen molar-refractivity contribution in [3.8, 4) is 0 Å². The molecular formula is C38H41N3O4. The normalized spacial score (nSPS) is 16.3. The molecule has 7 nitrogen and oxygen atoms in total. The van der Waals surface area contributed by atoms with Crippen molar-refractivity contribution in [2.75, 3.05) is 19.6 Å². The van der Waals surface area contributed by atoms with Crippen LogP contribution in [0.15, 0.2) is 134 Å². The Labute approximate surface area is 266 Å². The summed E-state index contributed by atoms with van der Waals surface area (Å²) in [4.78, 5) is 33.0. The molecule has 0 bridgehead atoms. The lowest BCUT2D eigenvalue weighted by Crippen LogP contribution is -2.66. The molecule has 1 fully saturated rings. The molecule has 0 spiro atoms. The topological polar surface area (TPSA) is 73.3 Å². The summed E-state index contributed by atoms with van der Waals surface area (Å²) in [6, 6.07) is 38.0. The van der Waals surface area contributed by atoms with Gasteiger partial charge in [-0.2, -0.15) is 0 Å². The molecule has 0 radical (unpaired) electrons. The van der Waals surface area contributed by atoms with Crippen LogP contribution in [-0.4, -0.2) is 69.6 Å². The van der Waals surface area contributed by atoms with Crippen LogP contribution in [-0.2, 0) is 35.6 Å². The van der Waals surface area contributed by atoms with Crippen LogP contribution in [0.25, 0.3) is 0 Å². The number of carbonyl (C=O) groups is 2. The number of benzene rings is 4. The molecule has 45 heavy (non-hydrogen) atoms. The van der Waals surface area contributed by atoms with Gasteiger partial charge in [0.1, 0.15) is 12.6 Å². The second kappa shape index (κ2) is 15.8. The predicted octanol–water partition coefficient (Wildman–Crippen LogP) is 5.70. The Balaban J connectivity index is 1.51. The van der Waals surface area contributed by atoms with Gasteiger partial charge in [0, 0.05) is 38.8 Å². The van der Waals surface area contributed by atoms with E-state index in [0.29, 0.717) is 32.6 Å². The number of amides is 2. The number of hydrogen-bond donors (Lipinski definition) is 1. The van der Waals surface area contributed by atoms with E-state index in [9.17, 15) is 14.7 Å². The van der Waals surface area contributed by atoms with E-state index in [2.05, 4.69) is 35.7 Å². The van der Waals surface area contributed by atoms with Crippen molar-refractivity contribution in [3.63, 3.8) is 0 Å². The maximum absolute atomic E-state index is 14.1. The molecule has 4 aromatic rings. The molecule has 2 amide bonds. The molecule has 2 unspecified atom stereocenters. The lowest BCUT2D eigenvalue weighted by Gasteiger charge is -2.45. The summed E-state index contributed by atoms with van der Waals surface area (Å²) >= 11 is 0. The van der Waals surface area contributed by atoms with Crippen molar-refractivity contribution in [1.82, 2.24) is 14.7 Å². The Kier molecular flexibility index (Phi) is 11.2.